The molecule has 4 aromatic rings. The molecule has 0 N–H and O–H groups in total. The Hall–Kier alpha value is -3.59. The lowest BCUT2D eigenvalue weighted by Crippen LogP contribution is -2.08. The van der Waals surface area contributed by atoms with Gasteiger partial charge in [0.05, 0.1) is 18.5 Å². The summed E-state index contributed by atoms with van der Waals surface area (Å²) < 4.78 is 51.3. The zero-order chi connectivity index (χ0) is 24.5. The average Bonchev–Trinajstić information content (AvgIpc) is 3.11. The molecule has 176 valence electrons. The second kappa shape index (κ2) is 9.34. The van der Waals surface area contributed by atoms with Crippen LogP contribution in [0.2, 0.25) is 5.15 Å². The van der Waals surface area contributed by atoms with Gasteiger partial charge in [0.2, 0.25) is 0 Å². The van der Waals surface area contributed by atoms with Crippen LogP contribution >= 0.6 is 11.6 Å². The summed E-state index contributed by atoms with van der Waals surface area (Å²) in [6, 6.07) is 11.2. The van der Waals surface area contributed by atoms with Crippen LogP contribution in [0.5, 0.6) is 11.5 Å². The van der Waals surface area contributed by atoms with Gasteiger partial charge in [0.25, 0.3) is 0 Å². The third-order valence-electron chi connectivity index (χ3n) is 5.20. The first-order chi connectivity index (χ1) is 16.2. The smallest absolute Gasteiger partial charge is 0.433 e. The number of ether oxygens (including phenoxy) is 2. The van der Waals surface area contributed by atoms with Crippen LogP contribution in [0.1, 0.15) is 17.0 Å². The van der Waals surface area contributed by atoms with E-state index in [1.54, 1.807) is 31.5 Å². The van der Waals surface area contributed by atoms with Gasteiger partial charge in [-0.15, -0.1) is 0 Å². The zero-order valence-electron chi connectivity index (χ0n) is 18.5. The van der Waals surface area contributed by atoms with Gasteiger partial charge in [0, 0.05) is 42.2 Å². The Bertz CT molecular complexity index is 1300. The van der Waals surface area contributed by atoms with Gasteiger partial charge >= 0.3 is 6.18 Å². The van der Waals surface area contributed by atoms with Crippen molar-refractivity contribution in [2.45, 2.75) is 19.7 Å². The highest BCUT2D eigenvalue weighted by Crippen LogP contribution is 2.37. The zero-order valence-corrected chi connectivity index (χ0v) is 19.3. The van der Waals surface area contributed by atoms with Crippen LogP contribution in [0.4, 0.5) is 13.2 Å². The van der Waals surface area contributed by atoms with Gasteiger partial charge < -0.3 is 14.0 Å². The molecule has 0 spiro atoms. The molecule has 0 bridgehead atoms. The van der Waals surface area contributed by atoms with E-state index < -0.39 is 11.9 Å². The largest absolute Gasteiger partial charge is 0.496 e. The predicted molar refractivity (Wildman–Crippen MR) is 122 cm³/mol. The minimum absolute atomic E-state index is 0.0616. The third kappa shape index (κ3) is 4.84. The molecule has 0 saturated carbocycles. The molecule has 10 heteroatoms. The van der Waals surface area contributed by atoms with E-state index in [1.165, 1.54) is 6.07 Å². The molecule has 0 saturated heterocycles. The Kier molecular flexibility index (Phi) is 6.47. The number of rotatable bonds is 6. The lowest BCUT2D eigenvalue weighted by atomic mass is 10.1. The fourth-order valence-corrected chi connectivity index (χ4v) is 3.69. The highest BCUT2D eigenvalue weighted by atomic mass is 35.5. The molecule has 0 amide bonds. The van der Waals surface area contributed by atoms with Crippen molar-refractivity contribution >= 4 is 11.6 Å². The molecule has 0 aliphatic carbocycles. The molecule has 0 atom stereocenters. The molecule has 0 unspecified atom stereocenters. The molecule has 3 heterocycles. The molecule has 0 radical (unpaired) electrons. The summed E-state index contributed by atoms with van der Waals surface area (Å²) in [5, 5.41) is 0.402. The number of halogens is 4. The van der Waals surface area contributed by atoms with Gasteiger partial charge in [-0.3, -0.25) is 4.98 Å². The number of methoxy groups -OCH3 is 1. The van der Waals surface area contributed by atoms with Crippen molar-refractivity contribution in [3.05, 3.63) is 77.0 Å². The van der Waals surface area contributed by atoms with Crippen LogP contribution in [0.3, 0.4) is 0 Å². The van der Waals surface area contributed by atoms with Gasteiger partial charge in [-0.1, -0.05) is 17.7 Å². The summed E-state index contributed by atoms with van der Waals surface area (Å²) in [7, 11) is 3.46. The van der Waals surface area contributed by atoms with Crippen LogP contribution in [0.15, 0.2) is 54.9 Å². The third-order valence-corrected chi connectivity index (χ3v) is 5.43. The van der Waals surface area contributed by atoms with E-state index in [0.717, 1.165) is 40.6 Å². The van der Waals surface area contributed by atoms with Crippen LogP contribution < -0.4 is 9.47 Å². The Morgan fingerprint density at radius 1 is 1.03 bits per heavy atom. The summed E-state index contributed by atoms with van der Waals surface area (Å²) in [6.07, 6.45) is -1.66. The standard InChI is InChI=1S/C24H20ClF3N4O2/c1-14-22(32(2)23(31-14)16-5-9-21(25)30-12-16)18-7-6-17(10-19(18)33-3)34-13-15-4-8-20(29-11-15)24(26,27)28/h4-12H,13H2,1-3H3. The van der Waals surface area contributed by atoms with E-state index in [1.807, 2.05) is 30.7 Å². The second-order valence-corrected chi connectivity index (χ2v) is 7.89. The van der Waals surface area contributed by atoms with Crippen LogP contribution in [-0.2, 0) is 19.8 Å². The van der Waals surface area contributed by atoms with Crippen molar-refractivity contribution in [3.63, 3.8) is 0 Å². The molecule has 0 aliphatic heterocycles. The summed E-state index contributed by atoms with van der Waals surface area (Å²) in [5.74, 6) is 1.80. The minimum Gasteiger partial charge on any atom is -0.496 e. The van der Waals surface area contributed by atoms with Crippen molar-refractivity contribution < 1.29 is 22.6 Å². The first kappa shape index (κ1) is 23.6. The van der Waals surface area contributed by atoms with E-state index >= 15 is 0 Å². The van der Waals surface area contributed by atoms with Crippen LogP contribution in [-0.4, -0.2) is 26.6 Å². The molecule has 3 aromatic heterocycles. The Morgan fingerprint density at radius 2 is 1.82 bits per heavy atom. The molecule has 0 fully saturated rings. The number of hydrogen-bond donors (Lipinski definition) is 0. The quantitative estimate of drug-likeness (QED) is 0.306. The molecular weight excluding hydrogens is 469 g/mol. The number of aryl methyl sites for hydroxylation is 1. The molecule has 4 rings (SSSR count). The predicted octanol–water partition coefficient (Wildman–Crippen LogP) is 6.11. The fraction of sp³-hybridized carbons (Fsp3) is 0.208. The van der Waals surface area contributed by atoms with E-state index in [-0.39, 0.29) is 6.61 Å². The van der Waals surface area contributed by atoms with Gasteiger partial charge in [-0.2, -0.15) is 13.2 Å². The van der Waals surface area contributed by atoms with Crippen molar-refractivity contribution in [3.8, 4) is 34.1 Å². The Morgan fingerprint density at radius 3 is 2.44 bits per heavy atom. The highest BCUT2D eigenvalue weighted by Gasteiger charge is 2.32. The molecular formula is C24H20ClF3N4O2. The topological polar surface area (TPSA) is 62.1 Å². The maximum absolute atomic E-state index is 12.7. The Balaban J connectivity index is 1.58. The number of imidazole rings is 1. The maximum atomic E-state index is 12.7. The van der Waals surface area contributed by atoms with E-state index in [2.05, 4.69) is 9.97 Å². The number of benzene rings is 1. The summed E-state index contributed by atoms with van der Waals surface area (Å²) in [6.45, 7) is 1.97. The number of hydrogen-bond acceptors (Lipinski definition) is 5. The molecule has 34 heavy (non-hydrogen) atoms. The monoisotopic (exact) mass is 488 g/mol. The lowest BCUT2D eigenvalue weighted by Gasteiger charge is -2.14. The second-order valence-electron chi connectivity index (χ2n) is 7.50. The van der Waals surface area contributed by atoms with Crippen molar-refractivity contribution in [1.29, 1.82) is 0 Å². The first-order valence-electron chi connectivity index (χ1n) is 10.2. The van der Waals surface area contributed by atoms with Gasteiger partial charge in [-0.25, -0.2) is 9.97 Å². The SMILES string of the molecule is COc1cc(OCc2ccc(C(F)(F)F)nc2)ccc1-c1c(C)nc(-c2ccc(Cl)nc2)n1C. The summed E-state index contributed by atoms with van der Waals surface area (Å²) in [4.78, 5) is 12.3. The number of nitrogens with zero attached hydrogens (tertiary/aromatic N) is 4. The van der Waals surface area contributed by atoms with Crippen LogP contribution in [0.25, 0.3) is 22.6 Å². The summed E-state index contributed by atoms with van der Waals surface area (Å²) >= 11 is 5.90. The first-order valence-corrected chi connectivity index (χ1v) is 10.5. The number of aromatic nitrogens is 4. The minimum atomic E-state index is -4.48. The summed E-state index contributed by atoms with van der Waals surface area (Å²) in [5.41, 5.74) is 2.87. The number of pyridine rings is 2. The van der Waals surface area contributed by atoms with Crippen molar-refractivity contribution in [2.24, 2.45) is 7.05 Å². The normalized spacial score (nSPS) is 11.5. The highest BCUT2D eigenvalue weighted by molar-refractivity contribution is 6.29. The number of alkyl halides is 3. The fourth-order valence-electron chi connectivity index (χ4n) is 3.58. The molecule has 0 aliphatic rings. The van der Waals surface area contributed by atoms with Gasteiger partial charge in [0.15, 0.2) is 0 Å². The maximum Gasteiger partial charge on any atom is 0.433 e. The van der Waals surface area contributed by atoms with E-state index in [9.17, 15) is 13.2 Å². The molecule has 1 aromatic carbocycles. The lowest BCUT2D eigenvalue weighted by molar-refractivity contribution is -0.141. The van der Waals surface area contributed by atoms with Crippen molar-refractivity contribution in [1.82, 2.24) is 19.5 Å². The van der Waals surface area contributed by atoms with Crippen molar-refractivity contribution in [2.75, 3.05) is 7.11 Å². The Labute approximate surface area is 199 Å². The van der Waals surface area contributed by atoms with Crippen LogP contribution in [0, 0.1) is 6.92 Å². The average molecular weight is 489 g/mol. The van der Waals surface area contributed by atoms with E-state index in [4.69, 9.17) is 26.1 Å². The van der Waals surface area contributed by atoms with Gasteiger partial charge in [-0.05, 0) is 37.3 Å². The van der Waals surface area contributed by atoms with Gasteiger partial charge in [0.1, 0.15) is 34.8 Å². The molecule has 6 nitrogen and oxygen atoms in total. The van der Waals surface area contributed by atoms with E-state index in [0.29, 0.717) is 22.2 Å².